The first-order valence-electron chi connectivity index (χ1n) is 5.61. The normalized spacial score (nSPS) is 12.2. The molecule has 0 aliphatic rings. The van der Waals surface area contributed by atoms with Crippen molar-refractivity contribution in [3.8, 4) is 5.75 Å². The molecule has 3 nitrogen and oxygen atoms in total. The number of carbonyl (C=O) groups excluding carboxylic acids is 1. The van der Waals surface area contributed by atoms with Crippen LogP contribution >= 0.6 is 15.9 Å². The van der Waals surface area contributed by atoms with Crippen LogP contribution in [-0.4, -0.2) is 34.3 Å². The Kier molecular flexibility index (Phi) is 5.00. The van der Waals surface area contributed by atoms with Gasteiger partial charge >= 0.3 is 0 Å². The molecule has 1 N–H and O–H groups in total. The van der Waals surface area contributed by atoms with Crippen molar-refractivity contribution < 1.29 is 9.90 Å². The summed E-state index contributed by atoms with van der Waals surface area (Å²) < 4.78 is 0. The number of benzene rings is 1. The van der Waals surface area contributed by atoms with Gasteiger partial charge in [0.2, 0.25) is 0 Å². The molecule has 0 aliphatic carbocycles. The van der Waals surface area contributed by atoms with E-state index in [2.05, 4.69) is 22.9 Å². The molecule has 1 amide bonds. The number of alkyl halides is 1. The van der Waals surface area contributed by atoms with Crippen LogP contribution in [0.15, 0.2) is 18.2 Å². The topological polar surface area (TPSA) is 40.5 Å². The maximum absolute atomic E-state index is 12.0. The van der Waals surface area contributed by atoms with Gasteiger partial charge in [0, 0.05) is 24.0 Å². The first-order valence-corrected chi connectivity index (χ1v) is 6.52. The molecule has 1 aromatic rings. The number of phenols is 1. The first kappa shape index (κ1) is 14.0. The van der Waals surface area contributed by atoms with Gasteiger partial charge in [0.05, 0.1) is 0 Å². The number of hydrogen-bond donors (Lipinski definition) is 1. The van der Waals surface area contributed by atoms with Gasteiger partial charge in [-0.3, -0.25) is 4.79 Å². The SMILES string of the molecule is Cc1cc(C(=O)N(C)CCC(C)Br)ccc1O. The molecule has 17 heavy (non-hydrogen) atoms. The summed E-state index contributed by atoms with van der Waals surface area (Å²) in [6.07, 6.45) is 0.916. The lowest BCUT2D eigenvalue weighted by Gasteiger charge is -2.18. The highest BCUT2D eigenvalue weighted by molar-refractivity contribution is 9.09. The fraction of sp³-hybridized carbons (Fsp3) is 0.462. The summed E-state index contributed by atoms with van der Waals surface area (Å²) in [5.41, 5.74) is 1.34. The van der Waals surface area contributed by atoms with Crippen LogP contribution < -0.4 is 0 Å². The fourth-order valence-corrected chi connectivity index (χ4v) is 1.69. The van der Waals surface area contributed by atoms with E-state index in [9.17, 15) is 9.90 Å². The van der Waals surface area contributed by atoms with Crippen LogP contribution in [0.25, 0.3) is 0 Å². The van der Waals surface area contributed by atoms with Crippen molar-refractivity contribution in [1.82, 2.24) is 4.90 Å². The van der Waals surface area contributed by atoms with Crippen molar-refractivity contribution in [2.45, 2.75) is 25.1 Å². The van der Waals surface area contributed by atoms with Gasteiger partial charge in [-0.15, -0.1) is 0 Å². The van der Waals surface area contributed by atoms with Gasteiger partial charge in [-0.2, -0.15) is 0 Å². The van der Waals surface area contributed by atoms with E-state index in [0.717, 1.165) is 12.0 Å². The lowest BCUT2D eigenvalue weighted by Crippen LogP contribution is -2.28. The minimum absolute atomic E-state index is 0.0127. The van der Waals surface area contributed by atoms with Crippen molar-refractivity contribution in [2.75, 3.05) is 13.6 Å². The van der Waals surface area contributed by atoms with Crippen molar-refractivity contribution in [3.05, 3.63) is 29.3 Å². The van der Waals surface area contributed by atoms with E-state index in [1.165, 1.54) is 0 Å². The molecule has 0 aliphatic heterocycles. The molecule has 0 spiro atoms. The van der Waals surface area contributed by atoms with Gasteiger partial charge in [0.25, 0.3) is 5.91 Å². The van der Waals surface area contributed by atoms with Crippen molar-refractivity contribution in [3.63, 3.8) is 0 Å². The van der Waals surface area contributed by atoms with Crippen LogP contribution in [0.5, 0.6) is 5.75 Å². The van der Waals surface area contributed by atoms with Crippen LogP contribution in [-0.2, 0) is 0 Å². The molecule has 94 valence electrons. The summed E-state index contributed by atoms with van der Waals surface area (Å²) in [6, 6.07) is 4.92. The maximum Gasteiger partial charge on any atom is 0.253 e. The van der Waals surface area contributed by atoms with E-state index < -0.39 is 0 Å². The molecule has 0 fully saturated rings. The summed E-state index contributed by atoms with van der Waals surface area (Å²) in [5, 5.41) is 9.41. The van der Waals surface area contributed by atoms with E-state index in [1.54, 1.807) is 37.1 Å². The van der Waals surface area contributed by atoms with Crippen LogP contribution in [0, 0.1) is 6.92 Å². The molecule has 0 aromatic heterocycles. The van der Waals surface area contributed by atoms with Crippen LogP contribution in [0.2, 0.25) is 0 Å². The number of hydrogen-bond acceptors (Lipinski definition) is 2. The van der Waals surface area contributed by atoms with E-state index in [1.807, 2.05) is 0 Å². The Hall–Kier alpha value is -1.03. The quantitative estimate of drug-likeness (QED) is 0.869. The van der Waals surface area contributed by atoms with Gasteiger partial charge in [-0.25, -0.2) is 0 Å². The average Bonchev–Trinajstić information content (AvgIpc) is 2.28. The zero-order valence-corrected chi connectivity index (χ0v) is 12.0. The highest BCUT2D eigenvalue weighted by atomic mass is 79.9. The van der Waals surface area contributed by atoms with Gasteiger partial charge in [-0.1, -0.05) is 22.9 Å². The summed E-state index contributed by atoms with van der Waals surface area (Å²) in [4.78, 5) is 14.1. The fourth-order valence-electron chi connectivity index (χ4n) is 1.48. The smallest absolute Gasteiger partial charge is 0.253 e. The molecule has 0 saturated heterocycles. The summed E-state index contributed by atoms with van der Waals surface area (Å²) in [5.74, 6) is 0.208. The predicted octanol–water partition coefficient (Wildman–Crippen LogP) is 2.95. The van der Waals surface area contributed by atoms with Crippen molar-refractivity contribution in [2.24, 2.45) is 0 Å². The van der Waals surface area contributed by atoms with Crippen molar-refractivity contribution in [1.29, 1.82) is 0 Å². The van der Waals surface area contributed by atoms with Crippen LogP contribution in [0.1, 0.15) is 29.3 Å². The summed E-state index contributed by atoms with van der Waals surface area (Å²) in [6.45, 7) is 4.56. The zero-order valence-electron chi connectivity index (χ0n) is 10.4. The van der Waals surface area contributed by atoms with Gasteiger partial charge < -0.3 is 10.0 Å². The van der Waals surface area contributed by atoms with E-state index >= 15 is 0 Å². The average molecular weight is 300 g/mol. The minimum atomic E-state index is -0.0127. The Morgan fingerprint density at radius 3 is 2.71 bits per heavy atom. The molecule has 1 rings (SSSR count). The van der Waals surface area contributed by atoms with Crippen molar-refractivity contribution >= 4 is 21.8 Å². The second kappa shape index (κ2) is 6.05. The Morgan fingerprint density at radius 2 is 2.18 bits per heavy atom. The Labute approximate surface area is 111 Å². The molecule has 1 unspecified atom stereocenters. The van der Waals surface area contributed by atoms with Gasteiger partial charge in [0.1, 0.15) is 5.75 Å². The lowest BCUT2D eigenvalue weighted by atomic mass is 10.1. The van der Waals surface area contributed by atoms with E-state index in [0.29, 0.717) is 16.9 Å². The molecule has 1 atom stereocenters. The van der Waals surface area contributed by atoms with Crippen LogP contribution in [0.3, 0.4) is 0 Å². The second-order valence-corrected chi connectivity index (χ2v) is 5.86. The standard InChI is InChI=1S/C13H18BrNO2/c1-9-8-11(4-5-12(9)16)13(17)15(3)7-6-10(2)14/h4-5,8,10,16H,6-7H2,1-3H3. The van der Waals surface area contributed by atoms with Gasteiger partial charge in [0.15, 0.2) is 0 Å². The third kappa shape index (κ3) is 4.04. The number of rotatable bonds is 4. The largest absolute Gasteiger partial charge is 0.508 e. The predicted molar refractivity (Wildman–Crippen MR) is 72.8 cm³/mol. The highest BCUT2D eigenvalue weighted by Crippen LogP contribution is 2.18. The number of aromatic hydroxyl groups is 1. The molecular weight excluding hydrogens is 282 g/mol. The molecule has 1 aromatic carbocycles. The monoisotopic (exact) mass is 299 g/mol. The van der Waals surface area contributed by atoms with E-state index in [-0.39, 0.29) is 11.7 Å². The zero-order chi connectivity index (χ0) is 13.0. The van der Waals surface area contributed by atoms with Gasteiger partial charge in [-0.05, 0) is 37.1 Å². The number of aryl methyl sites for hydroxylation is 1. The molecular formula is C13H18BrNO2. The first-order chi connectivity index (χ1) is 7.91. The molecule has 0 saturated carbocycles. The lowest BCUT2D eigenvalue weighted by molar-refractivity contribution is 0.0794. The Balaban J connectivity index is 2.71. The number of amides is 1. The number of phenolic OH excluding ortho intramolecular Hbond substituents is 1. The van der Waals surface area contributed by atoms with Crippen LogP contribution in [0.4, 0.5) is 0 Å². The van der Waals surface area contributed by atoms with E-state index in [4.69, 9.17) is 0 Å². The Bertz CT molecular complexity index is 404. The third-order valence-corrected chi connectivity index (χ3v) is 3.11. The number of nitrogens with zero attached hydrogens (tertiary/aromatic N) is 1. The maximum atomic E-state index is 12.0. The summed E-state index contributed by atoms with van der Waals surface area (Å²) in [7, 11) is 1.79. The summed E-state index contributed by atoms with van der Waals surface area (Å²) >= 11 is 3.46. The highest BCUT2D eigenvalue weighted by Gasteiger charge is 2.13. The Morgan fingerprint density at radius 1 is 1.53 bits per heavy atom. The third-order valence-electron chi connectivity index (χ3n) is 2.65. The molecule has 0 radical (unpaired) electrons. The minimum Gasteiger partial charge on any atom is -0.508 e. The molecule has 0 heterocycles. The second-order valence-electron chi connectivity index (χ2n) is 4.30. The molecule has 4 heteroatoms. The molecule has 0 bridgehead atoms. The number of carbonyl (C=O) groups is 1. The number of halogens is 1.